The highest BCUT2D eigenvalue weighted by Gasteiger charge is 2.26. The van der Waals surface area contributed by atoms with E-state index in [4.69, 9.17) is 0 Å². The van der Waals surface area contributed by atoms with E-state index < -0.39 is 0 Å². The molecule has 2 rings (SSSR count). The molecule has 1 unspecified atom stereocenters. The standard InChI is InChI=1S/C18H34N6.HI/c1-5-23(6-2)11-8-7-10-20-18(19-3)24-12-9-16(15-24)17-13-21-22(4)14-17;/h13-14,16H,5-12,15H2,1-4H3,(H,19,20);1H. The number of hydrogen-bond donors (Lipinski definition) is 1. The van der Waals surface area contributed by atoms with Gasteiger partial charge in [-0.3, -0.25) is 9.67 Å². The molecule has 2 heterocycles. The van der Waals surface area contributed by atoms with Gasteiger partial charge < -0.3 is 15.1 Å². The average Bonchev–Trinajstić information content (AvgIpc) is 3.23. The van der Waals surface area contributed by atoms with Crippen molar-refractivity contribution in [2.75, 3.05) is 46.3 Å². The van der Waals surface area contributed by atoms with Crippen molar-refractivity contribution in [3.8, 4) is 0 Å². The average molecular weight is 462 g/mol. The second-order valence-corrected chi connectivity index (χ2v) is 6.59. The van der Waals surface area contributed by atoms with Crippen molar-refractivity contribution in [3.05, 3.63) is 18.0 Å². The van der Waals surface area contributed by atoms with Crippen LogP contribution in [0, 0.1) is 0 Å². The summed E-state index contributed by atoms with van der Waals surface area (Å²) >= 11 is 0. The van der Waals surface area contributed by atoms with Crippen molar-refractivity contribution in [1.82, 2.24) is 24.9 Å². The number of rotatable bonds is 8. The maximum Gasteiger partial charge on any atom is 0.193 e. The Hall–Kier alpha value is -0.830. The van der Waals surface area contributed by atoms with Gasteiger partial charge in [0.25, 0.3) is 0 Å². The van der Waals surface area contributed by atoms with E-state index in [0.717, 1.165) is 38.7 Å². The highest BCUT2D eigenvalue weighted by Crippen LogP contribution is 2.26. The Labute approximate surface area is 170 Å². The lowest BCUT2D eigenvalue weighted by atomic mass is 10.0. The summed E-state index contributed by atoms with van der Waals surface area (Å²) in [6, 6.07) is 0. The fraction of sp³-hybridized carbons (Fsp3) is 0.778. The minimum atomic E-state index is 0. The van der Waals surface area contributed by atoms with Crippen LogP contribution in [0.5, 0.6) is 0 Å². The van der Waals surface area contributed by atoms with Crippen LogP contribution in [-0.4, -0.2) is 71.9 Å². The molecular weight excluding hydrogens is 427 g/mol. The van der Waals surface area contributed by atoms with Gasteiger partial charge in [0.15, 0.2) is 5.96 Å². The molecule has 1 aliphatic rings. The van der Waals surface area contributed by atoms with Gasteiger partial charge in [-0.15, -0.1) is 24.0 Å². The third-order valence-corrected chi connectivity index (χ3v) is 4.97. The molecule has 1 aliphatic heterocycles. The highest BCUT2D eigenvalue weighted by molar-refractivity contribution is 14.0. The molecule has 0 aromatic carbocycles. The number of aromatic nitrogens is 2. The second kappa shape index (κ2) is 11.7. The van der Waals surface area contributed by atoms with E-state index >= 15 is 0 Å². The number of aliphatic imine (C=N–C) groups is 1. The lowest BCUT2D eigenvalue weighted by Crippen LogP contribution is -2.40. The van der Waals surface area contributed by atoms with Crippen molar-refractivity contribution < 1.29 is 0 Å². The van der Waals surface area contributed by atoms with Gasteiger partial charge in [0, 0.05) is 45.8 Å². The van der Waals surface area contributed by atoms with Crippen LogP contribution < -0.4 is 5.32 Å². The number of likely N-dealkylation sites (tertiary alicyclic amines) is 1. The number of nitrogens with one attached hydrogen (secondary N) is 1. The van der Waals surface area contributed by atoms with E-state index in [0.29, 0.717) is 5.92 Å². The largest absolute Gasteiger partial charge is 0.356 e. The van der Waals surface area contributed by atoms with Gasteiger partial charge in [0.05, 0.1) is 6.20 Å². The van der Waals surface area contributed by atoms with E-state index in [-0.39, 0.29) is 24.0 Å². The quantitative estimate of drug-likeness (QED) is 0.279. The third-order valence-electron chi connectivity index (χ3n) is 4.97. The van der Waals surface area contributed by atoms with Crippen molar-refractivity contribution in [3.63, 3.8) is 0 Å². The number of unbranched alkanes of at least 4 members (excludes halogenated alkanes) is 1. The zero-order chi connectivity index (χ0) is 17.4. The van der Waals surface area contributed by atoms with Crippen LogP contribution in [-0.2, 0) is 7.05 Å². The Kier molecular flexibility index (Phi) is 10.4. The van der Waals surface area contributed by atoms with Crippen molar-refractivity contribution in [2.24, 2.45) is 12.0 Å². The summed E-state index contributed by atoms with van der Waals surface area (Å²) in [5.41, 5.74) is 1.34. The van der Waals surface area contributed by atoms with Crippen molar-refractivity contribution in [1.29, 1.82) is 0 Å². The number of guanidine groups is 1. The van der Waals surface area contributed by atoms with Crippen molar-refractivity contribution in [2.45, 2.75) is 39.0 Å². The van der Waals surface area contributed by atoms with E-state index in [2.05, 4.69) is 45.3 Å². The fourth-order valence-electron chi connectivity index (χ4n) is 3.41. The molecule has 0 radical (unpaired) electrons. The lowest BCUT2D eigenvalue weighted by Gasteiger charge is -2.22. The van der Waals surface area contributed by atoms with Gasteiger partial charge in [0.1, 0.15) is 0 Å². The monoisotopic (exact) mass is 462 g/mol. The topological polar surface area (TPSA) is 48.7 Å². The molecule has 0 amide bonds. The molecule has 1 fully saturated rings. The van der Waals surface area contributed by atoms with Crippen LogP contribution in [0.2, 0.25) is 0 Å². The summed E-state index contributed by atoms with van der Waals surface area (Å²) in [5, 5.41) is 7.83. The Balaban J connectivity index is 0.00000312. The summed E-state index contributed by atoms with van der Waals surface area (Å²) < 4.78 is 1.89. The van der Waals surface area contributed by atoms with Crippen LogP contribution in [0.1, 0.15) is 44.6 Å². The predicted molar refractivity (Wildman–Crippen MR) is 116 cm³/mol. The molecule has 0 bridgehead atoms. The Morgan fingerprint density at radius 1 is 1.36 bits per heavy atom. The first-order valence-corrected chi connectivity index (χ1v) is 9.34. The Morgan fingerprint density at radius 2 is 2.12 bits per heavy atom. The van der Waals surface area contributed by atoms with E-state index in [9.17, 15) is 0 Å². The molecule has 1 aromatic heterocycles. The molecule has 144 valence electrons. The molecule has 1 atom stereocenters. The Morgan fingerprint density at radius 3 is 2.72 bits per heavy atom. The molecule has 1 N–H and O–H groups in total. The summed E-state index contributed by atoms with van der Waals surface area (Å²) in [7, 11) is 3.87. The number of hydrogen-bond acceptors (Lipinski definition) is 3. The van der Waals surface area contributed by atoms with Gasteiger partial charge in [0.2, 0.25) is 0 Å². The number of aryl methyl sites for hydroxylation is 1. The molecule has 25 heavy (non-hydrogen) atoms. The van der Waals surface area contributed by atoms with Crippen LogP contribution >= 0.6 is 24.0 Å². The van der Waals surface area contributed by atoms with Crippen LogP contribution in [0.3, 0.4) is 0 Å². The molecule has 0 saturated carbocycles. The summed E-state index contributed by atoms with van der Waals surface area (Å²) in [6.45, 7) is 11.1. The van der Waals surface area contributed by atoms with Crippen LogP contribution in [0.15, 0.2) is 17.4 Å². The normalized spacial score (nSPS) is 17.9. The summed E-state index contributed by atoms with van der Waals surface area (Å²) in [5.74, 6) is 1.61. The second-order valence-electron chi connectivity index (χ2n) is 6.59. The smallest absolute Gasteiger partial charge is 0.193 e. The zero-order valence-electron chi connectivity index (χ0n) is 16.2. The van der Waals surface area contributed by atoms with E-state index in [1.165, 1.54) is 31.4 Å². The molecule has 1 saturated heterocycles. The lowest BCUT2D eigenvalue weighted by molar-refractivity contribution is 0.297. The maximum atomic E-state index is 4.47. The molecule has 0 aliphatic carbocycles. The molecule has 7 heteroatoms. The predicted octanol–water partition coefficient (Wildman–Crippen LogP) is 2.52. The minimum absolute atomic E-state index is 0. The van der Waals surface area contributed by atoms with E-state index in [1.54, 1.807) is 0 Å². The molecule has 6 nitrogen and oxygen atoms in total. The highest BCUT2D eigenvalue weighted by atomic mass is 127. The Bertz CT molecular complexity index is 511. The summed E-state index contributed by atoms with van der Waals surface area (Å²) in [6.07, 6.45) is 7.74. The van der Waals surface area contributed by atoms with Crippen molar-refractivity contribution >= 4 is 29.9 Å². The SMILES string of the molecule is CCN(CC)CCCCNC(=NC)N1CCC(c2cnn(C)c2)C1.I. The first kappa shape index (κ1) is 22.2. The molecular formula is C18H35IN6. The number of halogens is 1. The third kappa shape index (κ3) is 6.77. The maximum absolute atomic E-state index is 4.47. The number of nitrogens with zero attached hydrogens (tertiary/aromatic N) is 5. The first-order chi connectivity index (χ1) is 11.7. The molecule has 1 aromatic rings. The minimum Gasteiger partial charge on any atom is -0.356 e. The summed E-state index contributed by atoms with van der Waals surface area (Å²) in [4.78, 5) is 9.33. The van der Waals surface area contributed by atoms with Gasteiger partial charge in [-0.2, -0.15) is 5.10 Å². The van der Waals surface area contributed by atoms with Crippen LogP contribution in [0.4, 0.5) is 0 Å². The van der Waals surface area contributed by atoms with Crippen LogP contribution in [0.25, 0.3) is 0 Å². The zero-order valence-corrected chi connectivity index (χ0v) is 18.6. The van der Waals surface area contributed by atoms with Gasteiger partial charge in [-0.1, -0.05) is 13.8 Å². The van der Waals surface area contributed by atoms with E-state index in [1.807, 2.05) is 25.0 Å². The van der Waals surface area contributed by atoms with Gasteiger partial charge in [-0.05, 0) is 44.5 Å². The van der Waals surface area contributed by atoms with Gasteiger partial charge in [-0.25, -0.2) is 0 Å². The van der Waals surface area contributed by atoms with Gasteiger partial charge >= 0.3 is 0 Å². The molecule has 0 spiro atoms. The fourth-order valence-corrected chi connectivity index (χ4v) is 3.41. The first-order valence-electron chi connectivity index (χ1n) is 9.34.